The van der Waals surface area contributed by atoms with Crippen LogP contribution in [0.3, 0.4) is 0 Å². The number of alkyl halides is 3. The molecule has 1 aliphatic rings. The third kappa shape index (κ3) is 6.68. The molecule has 0 saturated carbocycles. The monoisotopic (exact) mass is 484 g/mol. The molecule has 2 aromatic rings. The summed E-state index contributed by atoms with van der Waals surface area (Å²) in [7, 11) is 4.61. The summed E-state index contributed by atoms with van der Waals surface area (Å²) in [6, 6.07) is 8.97. The van der Waals surface area contributed by atoms with Crippen molar-refractivity contribution in [1.82, 2.24) is 4.90 Å². The Morgan fingerprint density at radius 2 is 1.59 bits per heavy atom. The summed E-state index contributed by atoms with van der Waals surface area (Å²) in [6.07, 6.45) is -5.05. The minimum atomic E-state index is -4.36. The molecule has 3 rings (SSSR count). The van der Waals surface area contributed by atoms with E-state index in [0.717, 1.165) is 11.6 Å². The van der Waals surface area contributed by atoms with Crippen molar-refractivity contribution in [3.63, 3.8) is 0 Å². The molecule has 1 heterocycles. The highest BCUT2D eigenvalue weighted by Gasteiger charge is 2.31. The normalized spacial score (nSPS) is 15.8. The molecule has 34 heavy (non-hydrogen) atoms. The molecule has 1 N–H and O–H groups in total. The highest BCUT2D eigenvalue weighted by Crippen LogP contribution is 2.38. The molecule has 0 aromatic heterocycles. The average molecular weight is 485 g/mol. The van der Waals surface area contributed by atoms with E-state index in [1.54, 1.807) is 32.4 Å². The van der Waals surface area contributed by atoms with Crippen LogP contribution < -0.4 is 19.1 Å². The van der Waals surface area contributed by atoms with Crippen LogP contribution in [0.15, 0.2) is 36.4 Å². The topological polar surface area (TPSA) is 63.6 Å². The first-order valence-corrected chi connectivity index (χ1v) is 10.9. The summed E-state index contributed by atoms with van der Waals surface area (Å²) in [4.78, 5) is 4.01. The molecule has 0 bridgehead atoms. The second kappa shape index (κ2) is 11.6. The second-order valence-corrected chi connectivity index (χ2v) is 8.04. The maximum atomic E-state index is 13.0. The van der Waals surface area contributed by atoms with Crippen LogP contribution in [0.5, 0.6) is 17.2 Å². The number of piperazine rings is 1. The number of aliphatic hydroxyl groups is 1. The summed E-state index contributed by atoms with van der Waals surface area (Å²) < 4.78 is 60.6. The first-order chi connectivity index (χ1) is 16.2. The average Bonchev–Trinajstić information content (AvgIpc) is 2.83. The van der Waals surface area contributed by atoms with Gasteiger partial charge in [-0.05, 0) is 35.9 Å². The predicted molar refractivity (Wildman–Crippen MR) is 122 cm³/mol. The minimum absolute atomic E-state index is 0.143. The lowest BCUT2D eigenvalue weighted by molar-refractivity contribution is -0.137. The van der Waals surface area contributed by atoms with Gasteiger partial charge in [0.2, 0.25) is 5.75 Å². The Labute approximate surface area is 197 Å². The molecule has 0 unspecified atom stereocenters. The summed E-state index contributed by atoms with van der Waals surface area (Å²) >= 11 is 0. The van der Waals surface area contributed by atoms with Crippen LogP contribution in [0.25, 0.3) is 0 Å². The quantitative estimate of drug-likeness (QED) is 0.555. The number of methoxy groups -OCH3 is 3. The molecule has 1 atom stereocenters. The SMILES string of the molecule is COc1cc(COC[C@@H](O)CN2CCN(c3cccc(C(F)(F)F)c3)CC2)cc(OC)c1OC. The van der Waals surface area contributed by atoms with E-state index in [-0.39, 0.29) is 13.2 Å². The third-order valence-electron chi connectivity index (χ3n) is 5.68. The van der Waals surface area contributed by atoms with E-state index in [1.807, 2.05) is 4.90 Å². The number of aliphatic hydroxyl groups excluding tert-OH is 1. The Morgan fingerprint density at radius 3 is 2.15 bits per heavy atom. The van der Waals surface area contributed by atoms with Gasteiger partial charge in [-0.1, -0.05) is 6.07 Å². The highest BCUT2D eigenvalue weighted by molar-refractivity contribution is 5.53. The van der Waals surface area contributed by atoms with Crippen molar-refractivity contribution < 1.29 is 37.2 Å². The minimum Gasteiger partial charge on any atom is -0.493 e. The smallest absolute Gasteiger partial charge is 0.416 e. The van der Waals surface area contributed by atoms with Crippen LogP contribution in [-0.2, 0) is 17.5 Å². The summed E-state index contributed by atoms with van der Waals surface area (Å²) in [6.45, 7) is 3.27. The predicted octanol–water partition coefficient (Wildman–Crippen LogP) is 3.43. The zero-order valence-corrected chi connectivity index (χ0v) is 19.6. The molecule has 0 aliphatic carbocycles. The number of ether oxygens (including phenoxy) is 4. The molecular weight excluding hydrogens is 453 g/mol. The summed E-state index contributed by atoms with van der Waals surface area (Å²) in [5.74, 6) is 1.55. The van der Waals surface area contributed by atoms with Gasteiger partial charge < -0.3 is 29.0 Å². The number of rotatable bonds is 10. The van der Waals surface area contributed by atoms with Crippen molar-refractivity contribution in [3.8, 4) is 17.2 Å². The fraction of sp³-hybridized carbons (Fsp3) is 0.500. The molecule has 0 radical (unpaired) electrons. The van der Waals surface area contributed by atoms with Crippen LogP contribution in [0.2, 0.25) is 0 Å². The Morgan fingerprint density at radius 1 is 0.941 bits per heavy atom. The van der Waals surface area contributed by atoms with Gasteiger partial charge in [0.1, 0.15) is 0 Å². The van der Waals surface area contributed by atoms with Crippen molar-refractivity contribution >= 4 is 5.69 Å². The lowest BCUT2D eigenvalue weighted by atomic mass is 10.1. The van der Waals surface area contributed by atoms with E-state index >= 15 is 0 Å². The number of β-amino-alcohol motifs (C(OH)–C–C–N with tert-alkyl or cyclic N) is 1. The first kappa shape index (κ1) is 25.9. The van der Waals surface area contributed by atoms with E-state index in [9.17, 15) is 18.3 Å². The Kier molecular flexibility index (Phi) is 8.87. The maximum absolute atomic E-state index is 13.0. The van der Waals surface area contributed by atoms with Crippen molar-refractivity contribution in [2.75, 3.05) is 65.6 Å². The fourth-order valence-corrected chi connectivity index (χ4v) is 3.95. The Bertz CT molecular complexity index is 908. The van der Waals surface area contributed by atoms with Crippen LogP contribution >= 0.6 is 0 Å². The van der Waals surface area contributed by atoms with Gasteiger partial charge in [-0.2, -0.15) is 13.2 Å². The van der Waals surface area contributed by atoms with E-state index < -0.39 is 17.8 Å². The number of anilines is 1. The summed E-state index contributed by atoms with van der Waals surface area (Å²) in [5, 5.41) is 10.4. The van der Waals surface area contributed by atoms with Crippen molar-refractivity contribution in [1.29, 1.82) is 0 Å². The third-order valence-corrected chi connectivity index (χ3v) is 5.68. The van der Waals surface area contributed by atoms with E-state index in [0.29, 0.717) is 55.7 Å². The Balaban J connectivity index is 1.45. The van der Waals surface area contributed by atoms with E-state index in [2.05, 4.69) is 4.90 Å². The van der Waals surface area contributed by atoms with Crippen molar-refractivity contribution in [3.05, 3.63) is 47.5 Å². The van der Waals surface area contributed by atoms with Crippen LogP contribution in [-0.4, -0.2) is 76.8 Å². The molecule has 0 amide bonds. The Hall–Kier alpha value is -2.69. The zero-order chi connectivity index (χ0) is 24.7. The molecule has 188 valence electrons. The fourth-order valence-electron chi connectivity index (χ4n) is 3.95. The van der Waals surface area contributed by atoms with Crippen molar-refractivity contribution in [2.45, 2.75) is 18.9 Å². The molecule has 10 heteroatoms. The number of benzene rings is 2. The van der Waals surface area contributed by atoms with Gasteiger partial charge in [-0.25, -0.2) is 0 Å². The van der Waals surface area contributed by atoms with Gasteiger partial charge in [0, 0.05) is 38.4 Å². The first-order valence-electron chi connectivity index (χ1n) is 10.9. The van der Waals surface area contributed by atoms with Crippen LogP contribution in [0.4, 0.5) is 18.9 Å². The molecule has 1 fully saturated rings. The molecule has 2 aromatic carbocycles. The summed E-state index contributed by atoms with van der Waals surface area (Å²) in [5.41, 5.74) is 0.729. The van der Waals surface area contributed by atoms with Gasteiger partial charge in [0.05, 0.1) is 46.2 Å². The lowest BCUT2D eigenvalue weighted by Gasteiger charge is -2.37. The number of hydrogen-bond donors (Lipinski definition) is 1. The molecular formula is C24H31F3N2O5. The van der Waals surface area contributed by atoms with Crippen LogP contribution in [0, 0.1) is 0 Å². The largest absolute Gasteiger partial charge is 0.493 e. The van der Waals surface area contributed by atoms with Gasteiger partial charge in [-0.3, -0.25) is 4.90 Å². The molecule has 1 saturated heterocycles. The number of halogens is 3. The van der Waals surface area contributed by atoms with Gasteiger partial charge in [0.15, 0.2) is 11.5 Å². The maximum Gasteiger partial charge on any atom is 0.416 e. The van der Waals surface area contributed by atoms with Gasteiger partial charge in [0.25, 0.3) is 0 Å². The van der Waals surface area contributed by atoms with E-state index in [1.165, 1.54) is 19.2 Å². The highest BCUT2D eigenvalue weighted by atomic mass is 19.4. The molecule has 1 aliphatic heterocycles. The second-order valence-electron chi connectivity index (χ2n) is 8.04. The number of hydrogen-bond acceptors (Lipinski definition) is 7. The molecule has 7 nitrogen and oxygen atoms in total. The number of nitrogens with zero attached hydrogens (tertiary/aromatic N) is 2. The van der Waals surface area contributed by atoms with Crippen molar-refractivity contribution in [2.24, 2.45) is 0 Å². The standard InChI is InChI=1S/C24H31F3N2O5/c1-31-21-11-17(12-22(32-2)23(21)33-3)15-34-16-20(30)14-28-7-9-29(10-8-28)19-6-4-5-18(13-19)24(25,26)27/h4-6,11-13,20,30H,7-10,14-16H2,1-3H3/t20-/m0/s1. The van der Waals surface area contributed by atoms with Gasteiger partial charge >= 0.3 is 6.18 Å². The zero-order valence-electron chi connectivity index (χ0n) is 19.6. The van der Waals surface area contributed by atoms with Crippen LogP contribution in [0.1, 0.15) is 11.1 Å². The van der Waals surface area contributed by atoms with Gasteiger partial charge in [-0.15, -0.1) is 0 Å². The lowest BCUT2D eigenvalue weighted by Crippen LogP contribution is -2.49. The molecule has 0 spiro atoms. The van der Waals surface area contributed by atoms with E-state index in [4.69, 9.17) is 18.9 Å².